The minimum Gasteiger partial charge on any atom is -0.328 e. The minimum absolute atomic E-state index is 0. The predicted octanol–water partition coefficient (Wildman–Crippen LogP) is -0.729. The first-order chi connectivity index (χ1) is 1.73. The van der Waals surface area contributed by atoms with E-state index in [-0.39, 0.29) is 27.3 Å². The number of rotatable bonds is 0. The van der Waals surface area contributed by atoms with Crippen LogP contribution in [0.1, 0.15) is 0 Å². The standard InChI is InChI=1S/HNO3.Tl/c2-1(3)4;/h(H,2,3,4);. The molecule has 5 heavy (non-hydrogen) atoms. The van der Waals surface area contributed by atoms with Crippen molar-refractivity contribution in [3.63, 3.8) is 0 Å². The van der Waals surface area contributed by atoms with Gasteiger partial charge in [0.2, 0.25) is 0 Å². The summed E-state index contributed by atoms with van der Waals surface area (Å²) in [5.41, 5.74) is 0. The van der Waals surface area contributed by atoms with Gasteiger partial charge in [0.15, 0.2) is 0 Å². The van der Waals surface area contributed by atoms with Crippen molar-refractivity contribution in [2.75, 3.05) is 0 Å². The summed E-state index contributed by atoms with van der Waals surface area (Å²) in [4.78, 5) is 8.36. The molecular formula is HNO3Tl. The first kappa shape index (κ1) is 8.93. The van der Waals surface area contributed by atoms with Gasteiger partial charge in [0.25, 0.3) is 5.09 Å². The van der Waals surface area contributed by atoms with Crippen LogP contribution in [0, 0.1) is 10.1 Å². The van der Waals surface area contributed by atoms with Crippen LogP contribution in [-0.2, 0) is 0 Å². The van der Waals surface area contributed by atoms with Gasteiger partial charge in [-0.2, -0.15) is 0 Å². The van der Waals surface area contributed by atoms with E-state index in [0.717, 1.165) is 0 Å². The molecule has 4 nitrogen and oxygen atoms in total. The number of hydrogen-bond donors (Lipinski definition) is 1. The van der Waals surface area contributed by atoms with Gasteiger partial charge in [0.05, 0.1) is 0 Å². The third kappa shape index (κ3) is 1250. The molecule has 0 aromatic rings. The second-order valence-corrected chi connectivity index (χ2v) is 0.238. The SMILES string of the molecule is O=[N+]([O-])O.[Tl]. The fourth-order valence-electron chi connectivity index (χ4n) is 0. The molecule has 5 heteroatoms. The van der Waals surface area contributed by atoms with E-state index in [9.17, 15) is 0 Å². The van der Waals surface area contributed by atoms with E-state index >= 15 is 0 Å². The summed E-state index contributed by atoms with van der Waals surface area (Å²) >= 11 is 0. The van der Waals surface area contributed by atoms with Crippen molar-refractivity contribution in [3.8, 4) is 0 Å². The van der Waals surface area contributed by atoms with E-state index in [1.807, 2.05) is 0 Å². The van der Waals surface area contributed by atoms with Crippen LogP contribution in [-0.4, -0.2) is 37.6 Å². The summed E-state index contributed by atoms with van der Waals surface area (Å²) in [6.45, 7) is 0. The van der Waals surface area contributed by atoms with Crippen LogP contribution in [0.5, 0.6) is 0 Å². The smallest absolute Gasteiger partial charge is 0.291 e. The van der Waals surface area contributed by atoms with Gasteiger partial charge in [0.1, 0.15) is 0 Å². The fourth-order valence-corrected chi connectivity index (χ4v) is 0. The van der Waals surface area contributed by atoms with E-state index in [1.165, 1.54) is 0 Å². The maximum Gasteiger partial charge on any atom is 0.291 e. The molecule has 0 aliphatic carbocycles. The number of hydrogen-bond acceptors (Lipinski definition) is 2. The molecule has 0 heterocycles. The Kier molecular flexibility index (Phi) is 7.36. The van der Waals surface area contributed by atoms with Crippen molar-refractivity contribution < 1.29 is 10.3 Å². The van der Waals surface area contributed by atoms with Gasteiger partial charge in [-0.05, 0) is 0 Å². The fraction of sp³-hybridized carbons (Fsp3) is 0. The molecule has 0 saturated heterocycles. The van der Waals surface area contributed by atoms with Crippen LogP contribution >= 0.6 is 0 Å². The number of nitrogens with zero attached hydrogens (tertiary/aromatic N) is 1. The van der Waals surface area contributed by atoms with Crippen molar-refractivity contribution in [1.82, 2.24) is 0 Å². The summed E-state index contributed by atoms with van der Waals surface area (Å²) in [6.07, 6.45) is 0. The summed E-state index contributed by atoms with van der Waals surface area (Å²) in [6, 6.07) is 0. The van der Waals surface area contributed by atoms with Gasteiger partial charge < -0.3 is 5.21 Å². The molecule has 27 valence electrons. The maximum atomic E-state index is 8.36. The second kappa shape index (κ2) is 4.12. The van der Waals surface area contributed by atoms with Gasteiger partial charge in [-0.15, -0.1) is 10.1 Å². The zero-order chi connectivity index (χ0) is 3.58. The Hall–Kier alpha value is 0.122. The molecule has 0 spiro atoms. The Balaban J connectivity index is 0. The van der Waals surface area contributed by atoms with E-state index in [4.69, 9.17) is 15.3 Å². The third-order valence-corrected chi connectivity index (χ3v) is 0. The first-order valence-electron chi connectivity index (χ1n) is 0.565. The molecular weight excluding hydrogens is 266 g/mol. The molecule has 0 saturated carbocycles. The van der Waals surface area contributed by atoms with E-state index in [0.29, 0.717) is 0 Å². The van der Waals surface area contributed by atoms with E-state index in [1.54, 1.807) is 0 Å². The average molecular weight is 267 g/mol. The van der Waals surface area contributed by atoms with E-state index < -0.39 is 5.09 Å². The quantitative estimate of drug-likeness (QED) is 0.358. The molecule has 0 fully saturated rings. The topological polar surface area (TPSA) is 63.4 Å². The Labute approximate surface area is 48.1 Å². The predicted molar refractivity (Wildman–Crippen MR) is 14.5 cm³/mol. The molecule has 0 unspecified atom stereocenters. The molecule has 0 bridgehead atoms. The first-order valence-corrected chi connectivity index (χ1v) is 0.565. The molecule has 0 atom stereocenters. The van der Waals surface area contributed by atoms with Crippen molar-refractivity contribution >= 4 is 27.3 Å². The van der Waals surface area contributed by atoms with Crippen molar-refractivity contribution in [3.05, 3.63) is 10.1 Å². The minimum atomic E-state index is -1.50. The van der Waals surface area contributed by atoms with Gasteiger partial charge in [0, 0.05) is 27.3 Å². The van der Waals surface area contributed by atoms with Gasteiger partial charge in [-0.3, -0.25) is 0 Å². The van der Waals surface area contributed by atoms with E-state index in [2.05, 4.69) is 0 Å². The maximum absolute atomic E-state index is 8.36. The summed E-state index contributed by atoms with van der Waals surface area (Å²) in [7, 11) is 0. The van der Waals surface area contributed by atoms with Crippen LogP contribution < -0.4 is 0 Å². The normalized spacial score (nSPS) is 4.80. The van der Waals surface area contributed by atoms with Crippen LogP contribution in [0.2, 0.25) is 0 Å². The largest absolute Gasteiger partial charge is 0.328 e. The van der Waals surface area contributed by atoms with Crippen LogP contribution in [0.25, 0.3) is 0 Å². The van der Waals surface area contributed by atoms with Crippen LogP contribution in [0.15, 0.2) is 0 Å². The molecule has 0 amide bonds. The summed E-state index contributed by atoms with van der Waals surface area (Å²) in [5.74, 6) is 0. The van der Waals surface area contributed by atoms with Crippen molar-refractivity contribution in [2.45, 2.75) is 0 Å². The zero-order valence-electron chi connectivity index (χ0n) is 2.29. The molecule has 1 N–H and O–H groups in total. The van der Waals surface area contributed by atoms with Crippen LogP contribution in [0.3, 0.4) is 0 Å². The summed E-state index contributed by atoms with van der Waals surface area (Å²) in [5, 5.41) is 13.6. The molecule has 0 aliphatic heterocycles. The third-order valence-electron chi connectivity index (χ3n) is 0. The molecule has 0 rings (SSSR count). The van der Waals surface area contributed by atoms with Crippen molar-refractivity contribution in [1.29, 1.82) is 0 Å². The zero-order valence-corrected chi connectivity index (χ0v) is 6.78. The Morgan fingerprint density at radius 1 is 1.80 bits per heavy atom. The van der Waals surface area contributed by atoms with Gasteiger partial charge in [-0.1, -0.05) is 0 Å². The molecule has 0 aromatic heterocycles. The van der Waals surface area contributed by atoms with Gasteiger partial charge in [-0.25, -0.2) is 0 Å². The average Bonchev–Trinajstić information content (AvgIpc) is 0.811. The molecule has 0 aromatic carbocycles. The Bertz CT molecular complexity index is 29.9. The van der Waals surface area contributed by atoms with Crippen molar-refractivity contribution in [2.24, 2.45) is 0 Å². The Morgan fingerprint density at radius 3 is 1.80 bits per heavy atom. The van der Waals surface area contributed by atoms with Gasteiger partial charge >= 0.3 is 0 Å². The Morgan fingerprint density at radius 2 is 1.80 bits per heavy atom. The molecule has 1 radical (unpaired) electrons. The molecule has 0 aliphatic rings. The summed E-state index contributed by atoms with van der Waals surface area (Å²) < 4.78 is 0. The second-order valence-electron chi connectivity index (χ2n) is 0.238. The monoisotopic (exact) mass is 268 g/mol. The van der Waals surface area contributed by atoms with Crippen LogP contribution in [0.4, 0.5) is 0 Å².